The molecule has 1 saturated heterocycles. The molecule has 42 heavy (non-hydrogen) atoms. The summed E-state index contributed by atoms with van der Waals surface area (Å²) in [6, 6.07) is 7.98. The third kappa shape index (κ3) is 9.68. The highest BCUT2D eigenvalue weighted by molar-refractivity contribution is 5.92. The number of aryl methyl sites for hydroxylation is 1. The summed E-state index contributed by atoms with van der Waals surface area (Å²) in [6.45, 7) is 0.396. The zero-order valence-electron chi connectivity index (χ0n) is 22.5. The number of nitrogens with one attached hydrogen (secondary N) is 2. The summed E-state index contributed by atoms with van der Waals surface area (Å²) in [5, 5.41) is 12.7. The molecule has 2 atom stereocenters. The van der Waals surface area contributed by atoms with Gasteiger partial charge < -0.3 is 24.7 Å². The number of hydrogen-bond acceptors (Lipinski definition) is 7. The van der Waals surface area contributed by atoms with Gasteiger partial charge in [-0.2, -0.15) is 0 Å². The number of anilines is 1. The van der Waals surface area contributed by atoms with Crippen molar-refractivity contribution >= 4 is 17.5 Å². The van der Waals surface area contributed by atoms with Gasteiger partial charge >= 0.3 is 6.36 Å². The number of nitrogens with zero attached hydrogens (tertiary/aromatic N) is 4. The number of carbonyl (C=O) groups excluding carboxylic acids is 2. The Balaban J connectivity index is 1.21. The maximum Gasteiger partial charge on any atom is 0.573 e. The minimum absolute atomic E-state index is 0.0254. The average Bonchev–Trinajstić information content (AvgIpc) is 3.39. The van der Waals surface area contributed by atoms with Crippen LogP contribution >= 0.6 is 0 Å². The van der Waals surface area contributed by atoms with Crippen molar-refractivity contribution in [2.45, 2.75) is 70.4 Å². The first-order chi connectivity index (χ1) is 20.0. The van der Waals surface area contributed by atoms with Gasteiger partial charge in [0.1, 0.15) is 11.9 Å². The molecule has 0 spiro atoms. The molecule has 2 aromatic heterocycles. The van der Waals surface area contributed by atoms with E-state index >= 15 is 0 Å². The Morgan fingerprint density at radius 2 is 2.02 bits per heavy atom. The van der Waals surface area contributed by atoms with Crippen molar-refractivity contribution in [2.24, 2.45) is 0 Å². The summed E-state index contributed by atoms with van der Waals surface area (Å²) >= 11 is 0. The summed E-state index contributed by atoms with van der Waals surface area (Å²) in [7, 11) is 0. The highest BCUT2D eigenvalue weighted by Crippen LogP contribution is 2.23. The largest absolute Gasteiger partial charge is 0.573 e. The van der Waals surface area contributed by atoms with Gasteiger partial charge in [-0.3, -0.25) is 14.4 Å². The molecule has 3 aromatic rings. The number of amides is 2. The maximum absolute atomic E-state index is 14.6. The highest BCUT2D eigenvalue weighted by Gasteiger charge is 2.31. The van der Waals surface area contributed by atoms with E-state index in [9.17, 15) is 31.9 Å². The van der Waals surface area contributed by atoms with Crippen LogP contribution in [0.25, 0.3) is 0 Å². The van der Waals surface area contributed by atoms with Crippen LogP contribution in [0.1, 0.15) is 48.2 Å². The van der Waals surface area contributed by atoms with Crippen LogP contribution in [0.2, 0.25) is 0 Å². The number of carbonyl (C=O) groups is 2. The molecule has 226 valence electrons. The minimum atomic E-state index is -4.83. The van der Waals surface area contributed by atoms with Crippen LogP contribution in [-0.2, 0) is 29.2 Å². The molecule has 3 heterocycles. The quantitative estimate of drug-likeness (QED) is 0.307. The normalized spacial score (nSPS) is 16.0. The van der Waals surface area contributed by atoms with Crippen LogP contribution < -0.4 is 20.9 Å². The van der Waals surface area contributed by atoms with E-state index in [4.69, 9.17) is 4.74 Å². The van der Waals surface area contributed by atoms with Crippen molar-refractivity contribution < 1.29 is 36.6 Å². The van der Waals surface area contributed by atoms with Crippen LogP contribution in [0.15, 0.2) is 53.6 Å². The topological polar surface area (TPSA) is 129 Å². The molecular weight excluding hydrogens is 564 g/mol. The highest BCUT2D eigenvalue weighted by atomic mass is 19.4. The number of pyridine rings is 1. The Morgan fingerprint density at radius 3 is 2.76 bits per heavy atom. The molecule has 0 saturated carbocycles. The smallest absolute Gasteiger partial charge is 0.406 e. The SMILES string of the molecule is O=C(CC1CCCCO1)Nc1ccn(CCC(F)Cn2cc(C(=O)NCc3cccc(OC(F)(F)F)c3)nn2)c(=O)c1. The van der Waals surface area contributed by atoms with Crippen molar-refractivity contribution in [1.82, 2.24) is 24.9 Å². The Kier molecular flexibility index (Phi) is 10.3. The van der Waals surface area contributed by atoms with Gasteiger partial charge in [0, 0.05) is 37.6 Å². The van der Waals surface area contributed by atoms with Gasteiger partial charge in [0.25, 0.3) is 11.5 Å². The van der Waals surface area contributed by atoms with Gasteiger partial charge in [-0.1, -0.05) is 17.3 Å². The summed E-state index contributed by atoms with van der Waals surface area (Å²) < 4.78 is 63.7. The monoisotopic (exact) mass is 594 g/mol. The molecule has 1 aliphatic rings. The molecular formula is C27H30F4N6O5. The van der Waals surface area contributed by atoms with Gasteiger partial charge in [0.05, 0.1) is 25.3 Å². The number of halogens is 4. The second kappa shape index (κ2) is 14.1. The van der Waals surface area contributed by atoms with E-state index in [1.807, 2.05) is 0 Å². The Bertz CT molecular complexity index is 1420. The summed E-state index contributed by atoms with van der Waals surface area (Å²) in [5.41, 5.74) is 0.212. The van der Waals surface area contributed by atoms with E-state index in [2.05, 4.69) is 25.7 Å². The van der Waals surface area contributed by atoms with Crippen molar-refractivity contribution in [2.75, 3.05) is 11.9 Å². The first-order valence-corrected chi connectivity index (χ1v) is 13.3. The van der Waals surface area contributed by atoms with Gasteiger partial charge in [-0.15, -0.1) is 18.3 Å². The third-order valence-corrected chi connectivity index (χ3v) is 6.39. The minimum Gasteiger partial charge on any atom is -0.406 e. The van der Waals surface area contributed by atoms with E-state index in [0.717, 1.165) is 36.1 Å². The van der Waals surface area contributed by atoms with Crippen molar-refractivity contribution in [3.05, 3.63) is 70.4 Å². The summed E-state index contributed by atoms with van der Waals surface area (Å²) in [6.07, 6.45) is -0.635. The number of rotatable bonds is 12. The molecule has 2 amide bonds. The first-order valence-electron chi connectivity index (χ1n) is 13.3. The van der Waals surface area contributed by atoms with E-state index in [1.165, 1.54) is 35.2 Å². The molecule has 2 unspecified atom stereocenters. The molecule has 1 aromatic carbocycles. The third-order valence-electron chi connectivity index (χ3n) is 6.39. The second-order valence-electron chi connectivity index (χ2n) is 9.78. The van der Waals surface area contributed by atoms with Gasteiger partial charge in [0.15, 0.2) is 5.69 Å². The summed E-state index contributed by atoms with van der Waals surface area (Å²) in [5.74, 6) is -1.31. The number of benzene rings is 1. The van der Waals surface area contributed by atoms with Gasteiger partial charge in [-0.25, -0.2) is 9.07 Å². The van der Waals surface area contributed by atoms with E-state index in [0.29, 0.717) is 17.9 Å². The predicted molar refractivity (Wildman–Crippen MR) is 141 cm³/mol. The van der Waals surface area contributed by atoms with E-state index < -0.39 is 29.7 Å². The number of aromatic nitrogens is 4. The van der Waals surface area contributed by atoms with Crippen molar-refractivity contribution in [3.8, 4) is 5.75 Å². The lowest BCUT2D eigenvalue weighted by molar-refractivity contribution is -0.274. The molecule has 0 radical (unpaired) electrons. The van der Waals surface area contributed by atoms with Crippen LogP contribution in [0.5, 0.6) is 5.75 Å². The van der Waals surface area contributed by atoms with Crippen molar-refractivity contribution in [1.29, 1.82) is 0 Å². The molecule has 2 N–H and O–H groups in total. The average molecular weight is 595 g/mol. The predicted octanol–water partition coefficient (Wildman–Crippen LogP) is 3.59. The lowest BCUT2D eigenvalue weighted by atomic mass is 10.1. The van der Waals surface area contributed by atoms with Crippen molar-refractivity contribution in [3.63, 3.8) is 0 Å². The molecule has 15 heteroatoms. The molecule has 11 nitrogen and oxygen atoms in total. The zero-order chi connectivity index (χ0) is 30.1. The Hall–Kier alpha value is -4.27. The zero-order valence-corrected chi connectivity index (χ0v) is 22.5. The molecule has 4 rings (SSSR count). The molecule has 1 aliphatic heterocycles. The lowest BCUT2D eigenvalue weighted by Crippen LogP contribution is -2.26. The maximum atomic E-state index is 14.6. The Labute approximate surface area is 237 Å². The van der Waals surface area contributed by atoms with Crippen LogP contribution in [0.3, 0.4) is 0 Å². The van der Waals surface area contributed by atoms with Crippen LogP contribution in [-0.4, -0.2) is 56.6 Å². The van der Waals surface area contributed by atoms with E-state index in [-0.39, 0.29) is 50.2 Å². The fraction of sp³-hybridized carbons (Fsp3) is 0.444. The van der Waals surface area contributed by atoms with Gasteiger partial charge in [0.2, 0.25) is 5.91 Å². The molecule has 1 fully saturated rings. The fourth-order valence-corrected chi connectivity index (χ4v) is 4.35. The van der Waals surface area contributed by atoms with Crippen LogP contribution in [0, 0.1) is 0 Å². The number of ether oxygens (including phenoxy) is 2. The first kappa shape index (κ1) is 30.7. The lowest BCUT2D eigenvalue weighted by Gasteiger charge is -2.21. The number of alkyl halides is 4. The fourth-order valence-electron chi connectivity index (χ4n) is 4.35. The van der Waals surface area contributed by atoms with Crippen LogP contribution in [0.4, 0.5) is 23.2 Å². The van der Waals surface area contributed by atoms with E-state index in [1.54, 1.807) is 6.07 Å². The summed E-state index contributed by atoms with van der Waals surface area (Å²) in [4.78, 5) is 37.0. The molecule has 0 aliphatic carbocycles. The van der Waals surface area contributed by atoms with Gasteiger partial charge in [-0.05, 0) is 49.4 Å². The number of hydrogen-bond donors (Lipinski definition) is 2. The standard InChI is InChI=1S/C27H30F4N6O5/c28-19(7-9-36-10-8-20(13-25(36)39)33-24(38)14-21-5-1-2-11-41-21)16-37-17-23(34-35-37)26(40)32-15-18-4-3-6-22(12-18)42-27(29,30)31/h3-4,6,8,10,12-13,17,19,21H,1-2,5,7,9,11,14-16H2,(H,32,40)(H,33,38). The molecule has 0 bridgehead atoms. The Morgan fingerprint density at radius 1 is 1.19 bits per heavy atom. The second-order valence-corrected chi connectivity index (χ2v) is 9.78.